The summed E-state index contributed by atoms with van der Waals surface area (Å²) < 4.78 is 6.27. The zero-order chi connectivity index (χ0) is 13.1. The summed E-state index contributed by atoms with van der Waals surface area (Å²) in [5.74, 6) is -0.160. The SMILES string of the molecule is CC(C)(CCOc1ccc(Cl)cc1Br)C(=O)O. The lowest BCUT2D eigenvalue weighted by molar-refractivity contribution is -0.147. The average Bonchev–Trinajstić information content (AvgIpc) is 2.21. The fourth-order valence-electron chi connectivity index (χ4n) is 1.12. The predicted molar refractivity (Wildman–Crippen MR) is 70.7 cm³/mol. The van der Waals surface area contributed by atoms with Gasteiger partial charge in [0.2, 0.25) is 0 Å². The van der Waals surface area contributed by atoms with Gasteiger partial charge in [-0.05, 0) is 54.4 Å². The summed E-state index contributed by atoms with van der Waals surface area (Å²) >= 11 is 9.13. The van der Waals surface area contributed by atoms with E-state index in [1.807, 2.05) is 0 Å². The van der Waals surface area contributed by atoms with Crippen LogP contribution >= 0.6 is 27.5 Å². The second kappa shape index (κ2) is 5.74. The van der Waals surface area contributed by atoms with E-state index in [0.29, 0.717) is 23.8 Å². The number of benzene rings is 1. The zero-order valence-corrected chi connectivity index (χ0v) is 12.0. The van der Waals surface area contributed by atoms with E-state index in [1.54, 1.807) is 32.0 Å². The minimum Gasteiger partial charge on any atom is -0.492 e. The van der Waals surface area contributed by atoms with E-state index in [9.17, 15) is 4.79 Å². The van der Waals surface area contributed by atoms with Gasteiger partial charge in [-0.2, -0.15) is 0 Å². The Hall–Kier alpha value is -0.740. The lowest BCUT2D eigenvalue weighted by Crippen LogP contribution is -2.25. The molecule has 0 saturated carbocycles. The quantitative estimate of drug-likeness (QED) is 0.892. The van der Waals surface area contributed by atoms with E-state index < -0.39 is 11.4 Å². The number of carbonyl (C=O) groups is 1. The topological polar surface area (TPSA) is 46.5 Å². The molecule has 0 bridgehead atoms. The van der Waals surface area contributed by atoms with Gasteiger partial charge in [0.15, 0.2) is 0 Å². The Morgan fingerprint density at radius 1 is 1.53 bits per heavy atom. The molecule has 3 nitrogen and oxygen atoms in total. The van der Waals surface area contributed by atoms with Crippen LogP contribution in [0.2, 0.25) is 5.02 Å². The van der Waals surface area contributed by atoms with Crippen LogP contribution in [-0.2, 0) is 4.79 Å². The van der Waals surface area contributed by atoms with Gasteiger partial charge >= 0.3 is 5.97 Å². The van der Waals surface area contributed by atoms with Crippen molar-refractivity contribution in [3.63, 3.8) is 0 Å². The summed E-state index contributed by atoms with van der Waals surface area (Å²) in [4.78, 5) is 10.9. The third kappa shape index (κ3) is 4.21. The highest BCUT2D eigenvalue weighted by molar-refractivity contribution is 9.10. The number of carboxylic acid groups (broad SMARTS) is 1. The highest BCUT2D eigenvalue weighted by Gasteiger charge is 2.26. The van der Waals surface area contributed by atoms with E-state index in [1.165, 1.54) is 0 Å². The first-order valence-corrected chi connectivity index (χ1v) is 6.31. The Morgan fingerprint density at radius 2 is 2.18 bits per heavy atom. The molecule has 0 aliphatic heterocycles. The molecular formula is C12H14BrClO3. The van der Waals surface area contributed by atoms with Crippen molar-refractivity contribution in [2.24, 2.45) is 5.41 Å². The third-order valence-corrected chi connectivity index (χ3v) is 3.31. The van der Waals surface area contributed by atoms with Crippen LogP contribution in [0.5, 0.6) is 5.75 Å². The standard InChI is InChI=1S/C12H14BrClO3/c1-12(2,11(15)16)5-6-17-10-4-3-8(14)7-9(10)13/h3-4,7H,5-6H2,1-2H3,(H,15,16). The molecule has 0 unspecified atom stereocenters. The molecule has 1 N–H and O–H groups in total. The molecule has 0 saturated heterocycles. The fraction of sp³-hybridized carbons (Fsp3) is 0.417. The lowest BCUT2D eigenvalue weighted by atomic mass is 9.90. The van der Waals surface area contributed by atoms with Crippen LogP contribution in [0.1, 0.15) is 20.3 Å². The number of hydrogen-bond acceptors (Lipinski definition) is 2. The molecule has 1 rings (SSSR count). The average molecular weight is 322 g/mol. The van der Waals surface area contributed by atoms with Gasteiger partial charge in [-0.3, -0.25) is 4.79 Å². The molecular weight excluding hydrogens is 307 g/mol. The molecule has 0 aromatic heterocycles. The van der Waals surface area contributed by atoms with E-state index in [4.69, 9.17) is 21.4 Å². The van der Waals surface area contributed by atoms with Crippen molar-refractivity contribution in [2.75, 3.05) is 6.61 Å². The molecule has 0 fully saturated rings. The zero-order valence-electron chi connectivity index (χ0n) is 9.67. The molecule has 0 heterocycles. The summed E-state index contributed by atoms with van der Waals surface area (Å²) in [5.41, 5.74) is -0.779. The smallest absolute Gasteiger partial charge is 0.309 e. The molecule has 1 aromatic rings. The van der Waals surface area contributed by atoms with Crippen molar-refractivity contribution in [3.8, 4) is 5.75 Å². The minimum absolute atomic E-state index is 0.347. The van der Waals surface area contributed by atoms with E-state index in [2.05, 4.69) is 15.9 Å². The van der Waals surface area contributed by atoms with E-state index in [-0.39, 0.29) is 0 Å². The first kappa shape index (κ1) is 14.3. The third-order valence-electron chi connectivity index (χ3n) is 2.46. The number of carboxylic acids is 1. The van der Waals surface area contributed by atoms with Crippen LogP contribution in [0, 0.1) is 5.41 Å². The van der Waals surface area contributed by atoms with Crippen molar-refractivity contribution >= 4 is 33.5 Å². The normalized spacial score (nSPS) is 11.3. The van der Waals surface area contributed by atoms with Gasteiger partial charge < -0.3 is 9.84 Å². The first-order valence-electron chi connectivity index (χ1n) is 5.14. The Labute approximate surface area is 114 Å². The van der Waals surface area contributed by atoms with Gasteiger partial charge in [0.25, 0.3) is 0 Å². The van der Waals surface area contributed by atoms with Gasteiger partial charge in [0.1, 0.15) is 5.75 Å². The van der Waals surface area contributed by atoms with Crippen LogP contribution in [0.25, 0.3) is 0 Å². The van der Waals surface area contributed by atoms with Crippen molar-refractivity contribution in [1.82, 2.24) is 0 Å². The summed E-state index contributed by atoms with van der Waals surface area (Å²) in [5, 5.41) is 9.57. The highest BCUT2D eigenvalue weighted by Crippen LogP contribution is 2.29. The summed E-state index contributed by atoms with van der Waals surface area (Å²) in [6, 6.07) is 5.21. The Bertz CT molecular complexity index is 418. The summed E-state index contributed by atoms with van der Waals surface area (Å²) in [6.07, 6.45) is 0.442. The lowest BCUT2D eigenvalue weighted by Gasteiger charge is -2.19. The molecule has 0 aliphatic carbocycles. The maximum atomic E-state index is 10.9. The van der Waals surface area contributed by atoms with Crippen LogP contribution < -0.4 is 4.74 Å². The maximum absolute atomic E-state index is 10.9. The number of hydrogen-bond donors (Lipinski definition) is 1. The van der Waals surface area contributed by atoms with E-state index >= 15 is 0 Å². The molecule has 17 heavy (non-hydrogen) atoms. The van der Waals surface area contributed by atoms with Crippen LogP contribution in [-0.4, -0.2) is 17.7 Å². The molecule has 1 aromatic carbocycles. The van der Waals surface area contributed by atoms with Gasteiger partial charge in [-0.15, -0.1) is 0 Å². The number of ether oxygens (including phenoxy) is 1. The Balaban J connectivity index is 2.54. The van der Waals surface area contributed by atoms with E-state index in [0.717, 1.165) is 4.47 Å². The summed E-state index contributed by atoms with van der Waals surface area (Å²) in [6.45, 7) is 3.70. The van der Waals surface area contributed by atoms with Crippen molar-refractivity contribution in [1.29, 1.82) is 0 Å². The van der Waals surface area contributed by atoms with Gasteiger partial charge in [0, 0.05) is 5.02 Å². The molecule has 0 radical (unpaired) electrons. The van der Waals surface area contributed by atoms with Crippen molar-refractivity contribution < 1.29 is 14.6 Å². The second-order valence-corrected chi connectivity index (χ2v) is 5.65. The van der Waals surface area contributed by atoms with Crippen molar-refractivity contribution in [3.05, 3.63) is 27.7 Å². The van der Waals surface area contributed by atoms with Gasteiger partial charge in [-0.1, -0.05) is 11.6 Å². The van der Waals surface area contributed by atoms with Crippen molar-refractivity contribution in [2.45, 2.75) is 20.3 Å². The molecule has 94 valence electrons. The molecule has 0 spiro atoms. The summed E-state index contributed by atoms with van der Waals surface area (Å²) in [7, 11) is 0. The predicted octanol–water partition coefficient (Wildman–Crippen LogP) is 3.98. The first-order chi connectivity index (χ1) is 7.83. The second-order valence-electron chi connectivity index (χ2n) is 4.36. The van der Waals surface area contributed by atoms with Crippen LogP contribution in [0.3, 0.4) is 0 Å². The Kier molecular flexibility index (Phi) is 4.83. The van der Waals surface area contributed by atoms with Gasteiger partial charge in [-0.25, -0.2) is 0 Å². The number of rotatable bonds is 5. The number of halogens is 2. The maximum Gasteiger partial charge on any atom is 0.309 e. The number of aliphatic carboxylic acids is 1. The Morgan fingerprint density at radius 3 is 2.71 bits per heavy atom. The van der Waals surface area contributed by atoms with Gasteiger partial charge in [0.05, 0.1) is 16.5 Å². The monoisotopic (exact) mass is 320 g/mol. The molecule has 0 atom stereocenters. The highest BCUT2D eigenvalue weighted by atomic mass is 79.9. The minimum atomic E-state index is -0.823. The molecule has 0 aliphatic rings. The van der Waals surface area contributed by atoms with Crippen LogP contribution in [0.4, 0.5) is 0 Å². The largest absolute Gasteiger partial charge is 0.492 e. The molecule has 0 amide bonds. The molecule has 5 heteroatoms. The fourth-order valence-corrected chi connectivity index (χ4v) is 1.91. The van der Waals surface area contributed by atoms with Crippen LogP contribution in [0.15, 0.2) is 22.7 Å².